The van der Waals surface area contributed by atoms with Crippen molar-refractivity contribution in [1.29, 1.82) is 0 Å². The highest BCUT2D eigenvalue weighted by Gasteiger charge is 2.24. The van der Waals surface area contributed by atoms with Gasteiger partial charge in [-0.15, -0.1) is 0 Å². The Morgan fingerprint density at radius 2 is 1.88 bits per heavy atom. The second kappa shape index (κ2) is 8.81. The molecule has 26 heavy (non-hydrogen) atoms. The Morgan fingerprint density at radius 3 is 2.62 bits per heavy atom. The van der Waals surface area contributed by atoms with Gasteiger partial charge in [0.15, 0.2) is 0 Å². The zero-order valence-electron chi connectivity index (χ0n) is 15.2. The van der Waals surface area contributed by atoms with Crippen molar-refractivity contribution in [1.82, 2.24) is 10.6 Å². The molecule has 3 rings (SSSR count). The molecular weight excluding hydrogens is 328 g/mol. The summed E-state index contributed by atoms with van der Waals surface area (Å²) in [6, 6.07) is 14.3. The van der Waals surface area contributed by atoms with Crippen LogP contribution >= 0.6 is 0 Å². The number of benzene rings is 2. The van der Waals surface area contributed by atoms with Gasteiger partial charge in [-0.1, -0.05) is 42.5 Å². The van der Waals surface area contributed by atoms with Crippen molar-refractivity contribution in [3.05, 3.63) is 48.0 Å². The van der Waals surface area contributed by atoms with Crippen molar-refractivity contribution in [2.75, 3.05) is 26.7 Å². The fraction of sp³-hybridized carbons (Fsp3) is 0.429. The lowest BCUT2D eigenvalue weighted by atomic mass is 9.95. The summed E-state index contributed by atoms with van der Waals surface area (Å²) in [4.78, 5) is 24.5. The quantitative estimate of drug-likeness (QED) is 0.781. The number of ether oxygens (including phenoxy) is 1. The summed E-state index contributed by atoms with van der Waals surface area (Å²) >= 11 is 0. The van der Waals surface area contributed by atoms with Crippen molar-refractivity contribution < 1.29 is 14.3 Å². The highest BCUT2D eigenvalue weighted by Crippen LogP contribution is 2.19. The maximum atomic E-state index is 12.3. The highest BCUT2D eigenvalue weighted by atomic mass is 16.5. The van der Waals surface area contributed by atoms with Gasteiger partial charge in [-0.2, -0.15) is 0 Å². The Labute approximate surface area is 154 Å². The minimum Gasteiger partial charge on any atom is -0.469 e. The van der Waals surface area contributed by atoms with E-state index in [0.29, 0.717) is 13.0 Å². The topological polar surface area (TPSA) is 67.4 Å². The van der Waals surface area contributed by atoms with Crippen LogP contribution in [-0.4, -0.2) is 38.6 Å². The molecule has 0 saturated carbocycles. The summed E-state index contributed by atoms with van der Waals surface area (Å²) < 4.78 is 4.95. The van der Waals surface area contributed by atoms with Crippen LogP contribution in [-0.2, 0) is 20.7 Å². The van der Waals surface area contributed by atoms with Gasteiger partial charge in [0.05, 0.1) is 13.0 Å². The molecule has 5 heteroatoms. The summed E-state index contributed by atoms with van der Waals surface area (Å²) in [5, 5.41) is 8.53. The van der Waals surface area contributed by atoms with E-state index < -0.39 is 0 Å². The summed E-state index contributed by atoms with van der Waals surface area (Å²) in [6.07, 6.45) is 2.24. The van der Waals surface area contributed by atoms with Crippen molar-refractivity contribution >= 4 is 22.6 Å². The number of carbonyl (C=O) groups excluding carboxylic acids is 2. The highest BCUT2D eigenvalue weighted by molar-refractivity contribution is 5.83. The Morgan fingerprint density at radius 1 is 1.15 bits per heavy atom. The molecule has 1 fully saturated rings. The van der Waals surface area contributed by atoms with Crippen LogP contribution in [0.1, 0.15) is 18.4 Å². The molecule has 138 valence electrons. The Hall–Kier alpha value is -2.40. The van der Waals surface area contributed by atoms with E-state index in [1.54, 1.807) is 0 Å². The Kier molecular flexibility index (Phi) is 6.23. The lowest BCUT2D eigenvalue weighted by Crippen LogP contribution is -2.41. The average Bonchev–Trinajstić information content (AvgIpc) is 2.70. The molecule has 0 aromatic heterocycles. The molecule has 1 amide bonds. The van der Waals surface area contributed by atoms with E-state index in [9.17, 15) is 9.59 Å². The van der Waals surface area contributed by atoms with E-state index in [1.807, 2.05) is 18.2 Å². The molecule has 2 aromatic rings. The van der Waals surface area contributed by atoms with Gasteiger partial charge in [0.1, 0.15) is 0 Å². The lowest BCUT2D eigenvalue weighted by molar-refractivity contribution is -0.145. The first-order valence-corrected chi connectivity index (χ1v) is 9.21. The van der Waals surface area contributed by atoms with E-state index in [1.165, 1.54) is 12.5 Å². The number of rotatable bonds is 6. The predicted molar refractivity (Wildman–Crippen MR) is 102 cm³/mol. The van der Waals surface area contributed by atoms with Crippen molar-refractivity contribution in [2.24, 2.45) is 11.8 Å². The number of amides is 1. The monoisotopic (exact) mass is 354 g/mol. The lowest BCUT2D eigenvalue weighted by Gasteiger charge is -2.23. The van der Waals surface area contributed by atoms with Gasteiger partial charge in [0.2, 0.25) is 5.91 Å². The Balaban J connectivity index is 1.65. The van der Waals surface area contributed by atoms with E-state index in [0.717, 1.165) is 36.9 Å². The zero-order chi connectivity index (χ0) is 18.4. The van der Waals surface area contributed by atoms with E-state index >= 15 is 0 Å². The maximum absolute atomic E-state index is 12.3. The average molecular weight is 354 g/mol. The van der Waals surface area contributed by atoms with Crippen LogP contribution in [0.3, 0.4) is 0 Å². The first kappa shape index (κ1) is 18.4. The molecular formula is C21H26N2O3. The van der Waals surface area contributed by atoms with Gasteiger partial charge in [-0.25, -0.2) is 0 Å². The smallest absolute Gasteiger partial charge is 0.310 e. The van der Waals surface area contributed by atoms with Gasteiger partial charge >= 0.3 is 5.97 Å². The number of methoxy groups -OCH3 is 1. The molecule has 1 aliphatic rings. The number of carbonyl (C=O) groups is 2. The van der Waals surface area contributed by atoms with Gasteiger partial charge in [0.25, 0.3) is 0 Å². The van der Waals surface area contributed by atoms with Crippen LogP contribution in [0.25, 0.3) is 10.8 Å². The molecule has 2 aromatic carbocycles. The second-order valence-electron chi connectivity index (χ2n) is 6.88. The van der Waals surface area contributed by atoms with Gasteiger partial charge in [-0.05, 0) is 48.7 Å². The third-order valence-corrected chi connectivity index (χ3v) is 5.06. The molecule has 0 aliphatic carbocycles. The number of nitrogens with one attached hydrogen (secondary N) is 2. The summed E-state index contributed by atoms with van der Waals surface area (Å²) in [5.74, 6) is -0.593. The minimum atomic E-state index is -0.383. The minimum absolute atomic E-state index is 0.0372. The molecule has 1 heterocycles. The van der Waals surface area contributed by atoms with Crippen molar-refractivity contribution in [3.8, 4) is 0 Å². The number of piperidine rings is 1. The molecule has 0 bridgehead atoms. The summed E-state index contributed by atoms with van der Waals surface area (Å²) in [5.41, 5.74) is 1.07. The number of fused-ring (bicyclic) bond motifs is 1. The molecule has 2 N–H and O–H groups in total. The van der Waals surface area contributed by atoms with Crippen LogP contribution in [0.4, 0.5) is 0 Å². The van der Waals surface area contributed by atoms with Gasteiger partial charge < -0.3 is 15.4 Å². The van der Waals surface area contributed by atoms with E-state index in [-0.39, 0.29) is 23.7 Å². The number of hydrogen-bond acceptors (Lipinski definition) is 4. The molecule has 0 radical (unpaired) electrons. The normalized spacial score (nSPS) is 16.2. The van der Waals surface area contributed by atoms with Gasteiger partial charge in [-0.3, -0.25) is 9.59 Å². The number of hydrogen-bond donors (Lipinski definition) is 2. The standard InChI is InChI=1S/C21H26N2O3/c1-26-21(25)19(14-23-20(24)17-8-10-22-11-9-17)13-15-6-7-16-4-2-3-5-18(16)12-15/h2-7,12,17,19,22H,8-11,13-14H2,1H3,(H,23,24). The molecule has 1 atom stereocenters. The van der Waals surface area contributed by atoms with E-state index in [4.69, 9.17) is 4.74 Å². The third kappa shape index (κ3) is 4.61. The largest absolute Gasteiger partial charge is 0.469 e. The van der Waals surface area contributed by atoms with E-state index in [2.05, 4.69) is 34.9 Å². The third-order valence-electron chi connectivity index (χ3n) is 5.06. The van der Waals surface area contributed by atoms with Crippen LogP contribution in [0.15, 0.2) is 42.5 Å². The molecule has 1 saturated heterocycles. The van der Waals surface area contributed by atoms with Crippen LogP contribution in [0.2, 0.25) is 0 Å². The van der Waals surface area contributed by atoms with Crippen LogP contribution in [0.5, 0.6) is 0 Å². The predicted octanol–water partition coefficient (Wildman–Crippen LogP) is 2.29. The molecule has 0 spiro atoms. The van der Waals surface area contributed by atoms with Crippen LogP contribution < -0.4 is 10.6 Å². The summed E-state index contributed by atoms with van der Waals surface area (Å²) in [7, 11) is 1.39. The van der Waals surface area contributed by atoms with Crippen LogP contribution in [0, 0.1) is 11.8 Å². The number of esters is 1. The first-order chi connectivity index (χ1) is 12.7. The molecule has 5 nitrogen and oxygen atoms in total. The first-order valence-electron chi connectivity index (χ1n) is 9.21. The fourth-order valence-corrected chi connectivity index (χ4v) is 3.51. The van der Waals surface area contributed by atoms with Crippen molar-refractivity contribution in [3.63, 3.8) is 0 Å². The fourth-order valence-electron chi connectivity index (χ4n) is 3.51. The SMILES string of the molecule is COC(=O)C(CNC(=O)C1CCNCC1)Cc1ccc2ccccc2c1. The maximum Gasteiger partial charge on any atom is 0.310 e. The zero-order valence-corrected chi connectivity index (χ0v) is 15.2. The summed E-state index contributed by atoms with van der Waals surface area (Å²) in [6.45, 7) is 2.05. The Bertz CT molecular complexity index is 769. The molecule has 1 aliphatic heterocycles. The van der Waals surface area contributed by atoms with Crippen molar-refractivity contribution in [2.45, 2.75) is 19.3 Å². The molecule has 1 unspecified atom stereocenters. The second-order valence-corrected chi connectivity index (χ2v) is 6.88. The van der Waals surface area contributed by atoms with Gasteiger partial charge in [0, 0.05) is 12.5 Å².